The molecule has 26 heavy (non-hydrogen) atoms. The van der Waals surface area contributed by atoms with Gasteiger partial charge in [-0.3, -0.25) is 4.90 Å². The normalized spacial score (nSPS) is 26.5. The number of carbonyl (C=O) groups is 1. The number of nitrogens with zero attached hydrogens (tertiary/aromatic N) is 3. The van der Waals surface area contributed by atoms with E-state index in [1.54, 1.807) is 0 Å². The Hall–Kier alpha value is -0.490. The molecule has 0 bridgehead atoms. The van der Waals surface area contributed by atoms with Crippen molar-refractivity contribution >= 4 is 6.29 Å². The van der Waals surface area contributed by atoms with Gasteiger partial charge in [0, 0.05) is 44.7 Å². The molecule has 3 rings (SSSR count). The Morgan fingerprint density at radius 3 is 1.81 bits per heavy atom. The maximum Gasteiger partial charge on any atom is 0.122 e. The molecule has 5 heteroatoms. The minimum absolute atomic E-state index is 0.291. The summed E-state index contributed by atoms with van der Waals surface area (Å²) in [6, 6.07) is 1.30. The molecule has 0 aliphatic carbocycles. The zero-order valence-electron chi connectivity index (χ0n) is 17.7. The summed E-state index contributed by atoms with van der Waals surface area (Å²) in [5, 5.41) is 9.91. The molecule has 0 unspecified atom stereocenters. The second-order valence-corrected chi connectivity index (χ2v) is 9.53. The number of likely N-dealkylation sites (tertiary alicyclic amines) is 3. The first-order valence-corrected chi connectivity index (χ1v) is 10.5. The first kappa shape index (κ1) is 21.8. The van der Waals surface area contributed by atoms with Gasteiger partial charge in [-0.15, -0.1) is 0 Å². The number of hydrogen-bond donors (Lipinski definition) is 1. The SMILES string of the molecule is CC(C)N1CC2(CCN(C)CC2)C1.CC(C)N1CCC(O)(CC=O)CC1. The van der Waals surface area contributed by atoms with Crippen molar-refractivity contribution in [3.8, 4) is 0 Å². The van der Waals surface area contributed by atoms with Crippen LogP contribution in [0, 0.1) is 5.41 Å². The van der Waals surface area contributed by atoms with Crippen molar-refractivity contribution in [2.24, 2.45) is 5.41 Å². The lowest BCUT2D eigenvalue weighted by atomic mass is 9.71. The van der Waals surface area contributed by atoms with Crippen LogP contribution in [0.4, 0.5) is 0 Å². The zero-order chi connectivity index (χ0) is 19.4. The van der Waals surface area contributed by atoms with Crippen LogP contribution in [0.5, 0.6) is 0 Å². The van der Waals surface area contributed by atoms with E-state index in [4.69, 9.17) is 0 Å². The Labute approximate surface area is 160 Å². The Bertz CT molecular complexity index is 429. The largest absolute Gasteiger partial charge is 0.389 e. The van der Waals surface area contributed by atoms with Crippen LogP contribution in [-0.4, -0.2) is 90.1 Å². The summed E-state index contributed by atoms with van der Waals surface area (Å²) >= 11 is 0. The third-order valence-corrected chi connectivity index (χ3v) is 6.78. The molecule has 3 heterocycles. The van der Waals surface area contributed by atoms with E-state index in [9.17, 15) is 9.90 Å². The predicted molar refractivity (Wildman–Crippen MR) is 107 cm³/mol. The van der Waals surface area contributed by atoms with Crippen LogP contribution in [0.3, 0.4) is 0 Å². The minimum Gasteiger partial charge on any atom is -0.389 e. The van der Waals surface area contributed by atoms with Gasteiger partial charge in [0.05, 0.1) is 5.60 Å². The fraction of sp³-hybridized carbons (Fsp3) is 0.952. The third kappa shape index (κ3) is 5.75. The van der Waals surface area contributed by atoms with Gasteiger partial charge in [-0.25, -0.2) is 0 Å². The molecule has 3 aliphatic rings. The second kappa shape index (κ2) is 9.13. The van der Waals surface area contributed by atoms with Crippen LogP contribution < -0.4 is 0 Å². The monoisotopic (exact) mass is 367 g/mol. The molecule has 0 aromatic heterocycles. The van der Waals surface area contributed by atoms with Crippen LogP contribution in [0.25, 0.3) is 0 Å². The zero-order valence-corrected chi connectivity index (χ0v) is 17.7. The number of aliphatic hydroxyl groups is 1. The molecule has 5 nitrogen and oxygen atoms in total. The first-order chi connectivity index (χ1) is 12.2. The average molecular weight is 368 g/mol. The van der Waals surface area contributed by atoms with Gasteiger partial charge in [0.2, 0.25) is 0 Å². The second-order valence-electron chi connectivity index (χ2n) is 9.53. The fourth-order valence-electron chi connectivity index (χ4n) is 4.41. The van der Waals surface area contributed by atoms with Crippen LogP contribution in [0.15, 0.2) is 0 Å². The molecule has 0 aromatic rings. The van der Waals surface area contributed by atoms with Crippen molar-refractivity contribution in [1.29, 1.82) is 0 Å². The average Bonchev–Trinajstić information content (AvgIpc) is 2.54. The van der Waals surface area contributed by atoms with Crippen molar-refractivity contribution in [2.45, 2.75) is 77.5 Å². The van der Waals surface area contributed by atoms with Gasteiger partial charge in [0.25, 0.3) is 0 Å². The van der Waals surface area contributed by atoms with Crippen molar-refractivity contribution in [1.82, 2.24) is 14.7 Å². The quantitative estimate of drug-likeness (QED) is 0.772. The molecule has 0 aromatic carbocycles. The maximum atomic E-state index is 10.3. The highest BCUT2D eigenvalue weighted by atomic mass is 16.3. The van der Waals surface area contributed by atoms with Crippen molar-refractivity contribution in [3.63, 3.8) is 0 Å². The number of piperidine rings is 2. The lowest BCUT2D eigenvalue weighted by Gasteiger charge is -2.55. The fourth-order valence-corrected chi connectivity index (χ4v) is 4.41. The third-order valence-electron chi connectivity index (χ3n) is 6.78. The Morgan fingerprint density at radius 1 is 0.885 bits per heavy atom. The summed E-state index contributed by atoms with van der Waals surface area (Å²) in [5.41, 5.74) is 0.00389. The highest BCUT2D eigenvalue weighted by Crippen LogP contribution is 2.40. The smallest absolute Gasteiger partial charge is 0.122 e. The van der Waals surface area contributed by atoms with Crippen LogP contribution in [0.1, 0.15) is 59.8 Å². The summed E-state index contributed by atoms with van der Waals surface area (Å²) < 4.78 is 0. The molecule has 0 radical (unpaired) electrons. The van der Waals surface area contributed by atoms with E-state index in [0.29, 0.717) is 12.5 Å². The Morgan fingerprint density at radius 2 is 1.38 bits per heavy atom. The van der Waals surface area contributed by atoms with Gasteiger partial charge in [-0.05, 0) is 78.9 Å². The van der Waals surface area contributed by atoms with Crippen molar-refractivity contribution in [2.75, 3.05) is 46.3 Å². The molecule has 0 atom stereocenters. The molecule has 152 valence electrons. The summed E-state index contributed by atoms with van der Waals surface area (Å²) in [4.78, 5) is 17.7. The van der Waals surface area contributed by atoms with Gasteiger partial charge in [-0.2, -0.15) is 0 Å². The minimum atomic E-state index is -0.715. The lowest BCUT2D eigenvalue weighted by molar-refractivity contribution is -0.114. The first-order valence-electron chi connectivity index (χ1n) is 10.5. The van der Waals surface area contributed by atoms with Crippen LogP contribution in [0.2, 0.25) is 0 Å². The molecule has 3 aliphatic heterocycles. The van der Waals surface area contributed by atoms with E-state index in [1.165, 1.54) is 39.0 Å². The maximum absolute atomic E-state index is 10.3. The number of rotatable bonds is 4. The topological polar surface area (TPSA) is 47.0 Å². The standard InChI is InChI=1S/C11H22N2.C10H19NO2/c1-10(2)13-8-11(9-13)4-6-12(3)7-5-11;1-9(2)11-6-3-10(13,4-7-11)5-8-12/h10H,4-9H2,1-3H3;8-9,13H,3-7H2,1-2H3. The molecule has 0 saturated carbocycles. The lowest BCUT2D eigenvalue weighted by Crippen LogP contribution is -2.61. The number of hydrogen-bond acceptors (Lipinski definition) is 5. The number of carbonyl (C=O) groups excluding carboxylic acids is 1. The van der Waals surface area contributed by atoms with Gasteiger partial charge < -0.3 is 19.7 Å². The molecule has 1 N–H and O–H groups in total. The predicted octanol–water partition coefficient (Wildman–Crippen LogP) is 2.23. The molecule has 3 saturated heterocycles. The summed E-state index contributed by atoms with van der Waals surface area (Å²) in [6.45, 7) is 16.1. The highest BCUT2D eigenvalue weighted by Gasteiger charge is 2.44. The van der Waals surface area contributed by atoms with Crippen LogP contribution in [-0.2, 0) is 4.79 Å². The van der Waals surface area contributed by atoms with E-state index in [0.717, 1.165) is 43.7 Å². The van der Waals surface area contributed by atoms with Crippen LogP contribution >= 0.6 is 0 Å². The van der Waals surface area contributed by atoms with E-state index in [-0.39, 0.29) is 0 Å². The van der Waals surface area contributed by atoms with Crippen molar-refractivity contribution < 1.29 is 9.90 Å². The van der Waals surface area contributed by atoms with E-state index >= 15 is 0 Å². The highest BCUT2D eigenvalue weighted by molar-refractivity contribution is 5.51. The van der Waals surface area contributed by atoms with Crippen molar-refractivity contribution in [3.05, 3.63) is 0 Å². The van der Waals surface area contributed by atoms with Gasteiger partial charge in [-0.1, -0.05) is 0 Å². The Kier molecular flexibility index (Phi) is 7.66. The summed E-state index contributed by atoms with van der Waals surface area (Å²) in [5.74, 6) is 0. The molecular weight excluding hydrogens is 326 g/mol. The van der Waals surface area contributed by atoms with E-state index in [1.807, 2.05) is 0 Å². The van der Waals surface area contributed by atoms with E-state index in [2.05, 4.69) is 49.4 Å². The summed E-state index contributed by atoms with van der Waals surface area (Å²) in [6.07, 6.45) is 5.41. The molecule has 0 amide bonds. The van der Waals surface area contributed by atoms with Gasteiger partial charge in [0.15, 0.2) is 0 Å². The van der Waals surface area contributed by atoms with Gasteiger partial charge >= 0.3 is 0 Å². The molecule has 3 fully saturated rings. The Balaban J connectivity index is 0.000000187. The number of aldehydes is 1. The molecule has 1 spiro atoms. The molecular formula is C21H41N3O2. The van der Waals surface area contributed by atoms with E-state index < -0.39 is 5.60 Å². The van der Waals surface area contributed by atoms with Gasteiger partial charge in [0.1, 0.15) is 6.29 Å². The summed E-state index contributed by atoms with van der Waals surface area (Å²) in [7, 11) is 2.24.